The van der Waals surface area contributed by atoms with Gasteiger partial charge in [0.25, 0.3) is 5.91 Å². The van der Waals surface area contributed by atoms with E-state index in [0.29, 0.717) is 30.9 Å². The number of rotatable bonds is 6. The van der Waals surface area contributed by atoms with Crippen molar-refractivity contribution in [2.75, 3.05) is 13.1 Å². The maximum atomic E-state index is 12.7. The Morgan fingerprint density at radius 2 is 2.04 bits per heavy atom. The largest absolute Gasteiger partial charge is 0.352 e. The van der Waals surface area contributed by atoms with E-state index in [4.69, 9.17) is 5.73 Å². The van der Waals surface area contributed by atoms with Gasteiger partial charge in [0.05, 0.1) is 4.90 Å². The smallest absolute Gasteiger partial charge is 0.251 e. The zero-order chi connectivity index (χ0) is 17.3. The molecule has 136 valence electrons. The predicted molar refractivity (Wildman–Crippen MR) is 97.0 cm³/mol. The molecule has 1 amide bonds. The van der Waals surface area contributed by atoms with Gasteiger partial charge in [0.15, 0.2) is 0 Å². The molecule has 0 radical (unpaired) electrons. The maximum Gasteiger partial charge on any atom is 0.251 e. The van der Waals surface area contributed by atoms with Crippen LogP contribution in [0.1, 0.15) is 43.1 Å². The maximum absolute atomic E-state index is 12.7. The molecule has 1 atom stereocenters. The molecule has 0 saturated heterocycles. The zero-order valence-corrected chi connectivity index (χ0v) is 15.9. The number of benzene rings is 1. The fourth-order valence-electron chi connectivity index (χ4n) is 3.01. The fraction of sp³-hybridized carbons (Fsp3) is 0.562. The van der Waals surface area contributed by atoms with Crippen LogP contribution < -0.4 is 15.8 Å². The minimum absolute atomic E-state index is 0. The molecule has 2 rings (SSSR count). The summed E-state index contributed by atoms with van der Waals surface area (Å²) in [4.78, 5) is 12.0. The van der Waals surface area contributed by atoms with Gasteiger partial charge in [-0.2, -0.15) is 0 Å². The number of nitrogens with one attached hydrogen (secondary N) is 2. The molecule has 1 unspecified atom stereocenters. The summed E-state index contributed by atoms with van der Waals surface area (Å²) in [6.45, 7) is 6.62. The van der Waals surface area contributed by atoms with E-state index >= 15 is 0 Å². The zero-order valence-electron chi connectivity index (χ0n) is 14.3. The SMILES string of the molecule is CC(C)CC(C)(CN)NS(=O)(=O)c1ccc2c(c1)C(=O)NCC2.Cl. The highest BCUT2D eigenvalue weighted by molar-refractivity contribution is 7.89. The van der Waals surface area contributed by atoms with Gasteiger partial charge in [0.2, 0.25) is 10.0 Å². The Morgan fingerprint density at radius 3 is 2.62 bits per heavy atom. The molecule has 1 aliphatic heterocycles. The average Bonchev–Trinajstić information content (AvgIpc) is 2.46. The molecule has 0 bridgehead atoms. The van der Waals surface area contributed by atoms with Gasteiger partial charge in [-0.3, -0.25) is 4.79 Å². The Balaban J connectivity index is 0.00000288. The third-order valence-electron chi connectivity index (χ3n) is 4.01. The van der Waals surface area contributed by atoms with Crippen LogP contribution in [0.2, 0.25) is 0 Å². The molecule has 0 aliphatic carbocycles. The van der Waals surface area contributed by atoms with Gasteiger partial charge in [-0.1, -0.05) is 19.9 Å². The molecule has 1 aromatic rings. The summed E-state index contributed by atoms with van der Waals surface area (Å²) < 4.78 is 28.1. The Morgan fingerprint density at radius 1 is 1.38 bits per heavy atom. The monoisotopic (exact) mass is 375 g/mol. The second-order valence-corrected chi connectivity index (χ2v) is 8.48. The normalized spacial score (nSPS) is 16.8. The van der Waals surface area contributed by atoms with Crippen LogP contribution in [0.25, 0.3) is 0 Å². The number of hydrogen-bond donors (Lipinski definition) is 3. The summed E-state index contributed by atoms with van der Waals surface area (Å²) in [5, 5.41) is 2.73. The van der Waals surface area contributed by atoms with Gasteiger partial charge in [0, 0.05) is 24.2 Å². The van der Waals surface area contributed by atoms with Crippen LogP contribution in [0.15, 0.2) is 23.1 Å². The summed E-state index contributed by atoms with van der Waals surface area (Å²) in [5.41, 5.74) is 6.37. The lowest BCUT2D eigenvalue weighted by Crippen LogP contribution is -2.52. The molecular formula is C16H26ClN3O3S. The predicted octanol–water partition coefficient (Wildman–Crippen LogP) is 1.44. The van der Waals surface area contributed by atoms with E-state index in [1.54, 1.807) is 19.1 Å². The van der Waals surface area contributed by atoms with Crippen LogP contribution in [0.4, 0.5) is 0 Å². The van der Waals surface area contributed by atoms with Crippen LogP contribution in [-0.2, 0) is 16.4 Å². The van der Waals surface area contributed by atoms with Crippen molar-refractivity contribution in [2.24, 2.45) is 11.7 Å². The standard InChI is InChI=1S/C16H25N3O3S.ClH/c1-11(2)9-16(3,10-17)19-23(21,22)13-5-4-12-6-7-18-15(20)14(12)8-13;/h4-5,8,11,19H,6-7,9-10,17H2,1-3H3,(H,18,20);1H. The van der Waals surface area contributed by atoms with Crippen molar-refractivity contribution in [3.63, 3.8) is 0 Å². The van der Waals surface area contributed by atoms with Gasteiger partial charge in [-0.25, -0.2) is 13.1 Å². The first-order valence-corrected chi connectivity index (χ1v) is 9.30. The van der Waals surface area contributed by atoms with Crippen molar-refractivity contribution in [2.45, 2.75) is 44.0 Å². The molecule has 1 aromatic carbocycles. The molecule has 0 spiro atoms. The topological polar surface area (TPSA) is 101 Å². The van der Waals surface area contributed by atoms with Gasteiger partial charge in [-0.05, 0) is 43.4 Å². The molecule has 6 nitrogen and oxygen atoms in total. The number of nitrogens with two attached hydrogens (primary N) is 1. The molecular weight excluding hydrogens is 350 g/mol. The van der Waals surface area contributed by atoms with E-state index in [0.717, 1.165) is 5.56 Å². The number of carbonyl (C=O) groups is 1. The quantitative estimate of drug-likeness (QED) is 0.700. The van der Waals surface area contributed by atoms with Crippen LogP contribution in [-0.4, -0.2) is 33.0 Å². The summed E-state index contributed by atoms with van der Waals surface area (Å²) >= 11 is 0. The Kier molecular flexibility index (Phi) is 6.81. The van der Waals surface area contributed by atoms with E-state index < -0.39 is 15.6 Å². The summed E-state index contributed by atoms with van der Waals surface area (Å²) in [5.74, 6) is 0.0765. The number of amides is 1. The van der Waals surface area contributed by atoms with E-state index in [1.165, 1.54) is 6.07 Å². The van der Waals surface area contributed by atoms with Crippen molar-refractivity contribution in [3.8, 4) is 0 Å². The van der Waals surface area contributed by atoms with Crippen molar-refractivity contribution < 1.29 is 13.2 Å². The number of fused-ring (bicyclic) bond motifs is 1. The molecule has 0 saturated carbocycles. The first-order valence-electron chi connectivity index (χ1n) is 7.82. The van der Waals surface area contributed by atoms with E-state index in [-0.39, 0.29) is 29.8 Å². The van der Waals surface area contributed by atoms with Crippen LogP contribution in [0.3, 0.4) is 0 Å². The Hall–Kier alpha value is -1.15. The number of sulfonamides is 1. The number of halogens is 1. The highest BCUT2D eigenvalue weighted by atomic mass is 35.5. The number of hydrogen-bond acceptors (Lipinski definition) is 4. The highest BCUT2D eigenvalue weighted by Crippen LogP contribution is 2.22. The molecule has 0 fully saturated rings. The van der Waals surface area contributed by atoms with Crippen molar-refractivity contribution in [1.29, 1.82) is 0 Å². The fourth-order valence-corrected chi connectivity index (χ4v) is 4.46. The minimum atomic E-state index is -3.74. The lowest BCUT2D eigenvalue weighted by Gasteiger charge is -2.31. The Bertz CT molecular complexity index is 707. The molecule has 4 N–H and O–H groups in total. The average molecular weight is 376 g/mol. The molecule has 1 heterocycles. The van der Waals surface area contributed by atoms with Crippen LogP contribution in [0, 0.1) is 5.92 Å². The van der Waals surface area contributed by atoms with Crippen molar-refractivity contribution >= 4 is 28.3 Å². The lowest BCUT2D eigenvalue weighted by atomic mass is 9.92. The van der Waals surface area contributed by atoms with Gasteiger partial charge >= 0.3 is 0 Å². The van der Waals surface area contributed by atoms with E-state index in [2.05, 4.69) is 10.0 Å². The molecule has 0 aromatic heterocycles. The molecule has 8 heteroatoms. The van der Waals surface area contributed by atoms with Crippen LogP contribution >= 0.6 is 12.4 Å². The first-order chi connectivity index (χ1) is 10.7. The molecule has 1 aliphatic rings. The summed E-state index contributed by atoms with van der Waals surface area (Å²) in [7, 11) is -3.74. The first kappa shape index (κ1) is 20.9. The van der Waals surface area contributed by atoms with Crippen molar-refractivity contribution in [1.82, 2.24) is 10.0 Å². The summed E-state index contributed by atoms with van der Waals surface area (Å²) in [6, 6.07) is 4.70. The second-order valence-electron chi connectivity index (χ2n) is 6.79. The van der Waals surface area contributed by atoms with Crippen molar-refractivity contribution in [3.05, 3.63) is 29.3 Å². The Labute approximate surface area is 150 Å². The van der Waals surface area contributed by atoms with Gasteiger partial charge in [0.1, 0.15) is 0 Å². The van der Waals surface area contributed by atoms with Gasteiger partial charge in [-0.15, -0.1) is 12.4 Å². The third kappa shape index (κ3) is 4.69. The van der Waals surface area contributed by atoms with E-state index in [9.17, 15) is 13.2 Å². The lowest BCUT2D eigenvalue weighted by molar-refractivity contribution is 0.0945. The van der Waals surface area contributed by atoms with E-state index in [1.807, 2.05) is 13.8 Å². The third-order valence-corrected chi connectivity index (χ3v) is 5.64. The second kappa shape index (κ2) is 7.82. The van der Waals surface area contributed by atoms with Gasteiger partial charge < -0.3 is 11.1 Å². The highest BCUT2D eigenvalue weighted by Gasteiger charge is 2.31. The minimum Gasteiger partial charge on any atom is -0.352 e. The molecule has 24 heavy (non-hydrogen) atoms. The van der Waals surface area contributed by atoms with Crippen LogP contribution in [0.5, 0.6) is 0 Å². The summed E-state index contributed by atoms with van der Waals surface area (Å²) in [6.07, 6.45) is 1.34. The number of carbonyl (C=O) groups excluding carboxylic acids is 1.